The quantitative estimate of drug-likeness (QED) is 0.722. The summed E-state index contributed by atoms with van der Waals surface area (Å²) in [6, 6.07) is 14.1. The van der Waals surface area contributed by atoms with Gasteiger partial charge in [-0.15, -0.1) is 0 Å². The van der Waals surface area contributed by atoms with E-state index in [1.54, 1.807) is 4.57 Å². The minimum atomic E-state index is -0.0561. The van der Waals surface area contributed by atoms with E-state index in [4.69, 9.17) is 17.0 Å². The standard InChI is InChI=1S/C20H21N3O2S/c1-14-2-4-15(5-3-14)13-23-19(24)17-12-16(22-8-10-25-11-9-22)6-7-18(17)21-20(23)26/h2-7,12H,8-11,13H2,1H3,(H,21,26). The number of nitrogens with one attached hydrogen (secondary N) is 1. The monoisotopic (exact) mass is 367 g/mol. The number of hydrogen-bond donors (Lipinski definition) is 1. The van der Waals surface area contributed by atoms with Crippen LogP contribution < -0.4 is 10.5 Å². The second kappa shape index (κ2) is 7.05. The van der Waals surface area contributed by atoms with Gasteiger partial charge < -0.3 is 14.6 Å². The molecule has 1 aromatic heterocycles. The summed E-state index contributed by atoms with van der Waals surface area (Å²) in [6.45, 7) is 5.62. The summed E-state index contributed by atoms with van der Waals surface area (Å²) in [5.74, 6) is 0. The van der Waals surface area contributed by atoms with Crippen molar-refractivity contribution in [2.45, 2.75) is 13.5 Å². The summed E-state index contributed by atoms with van der Waals surface area (Å²) in [5, 5.41) is 0.662. The summed E-state index contributed by atoms with van der Waals surface area (Å²) in [7, 11) is 0. The fourth-order valence-electron chi connectivity index (χ4n) is 3.28. The lowest BCUT2D eigenvalue weighted by atomic mass is 10.1. The predicted octanol–water partition coefficient (Wildman–Crippen LogP) is 3.25. The normalized spacial score (nSPS) is 14.7. The van der Waals surface area contributed by atoms with E-state index in [1.807, 2.05) is 49.4 Å². The van der Waals surface area contributed by atoms with Gasteiger partial charge in [0.25, 0.3) is 5.56 Å². The molecule has 0 aliphatic carbocycles. The number of ether oxygens (including phenoxy) is 1. The number of aromatic nitrogens is 2. The van der Waals surface area contributed by atoms with Crippen molar-refractivity contribution in [3.8, 4) is 0 Å². The number of fused-ring (bicyclic) bond motifs is 1. The van der Waals surface area contributed by atoms with E-state index in [1.165, 1.54) is 5.56 Å². The minimum Gasteiger partial charge on any atom is -0.378 e. The highest BCUT2D eigenvalue weighted by atomic mass is 32.1. The third-order valence-electron chi connectivity index (χ3n) is 4.80. The van der Waals surface area contributed by atoms with Crippen LogP contribution in [0.1, 0.15) is 11.1 Å². The van der Waals surface area contributed by atoms with Gasteiger partial charge in [0.15, 0.2) is 4.77 Å². The fourth-order valence-corrected chi connectivity index (χ4v) is 3.53. The van der Waals surface area contributed by atoms with E-state index in [-0.39, 0.29) is 5.56 Å². The first-order valence-corrected chi connectivity index (χ1v) is 9.18. The molecule has 6 heteroatoms. The van der Waals surface area contributed by atoms with Gasteiger partial charge in [0.2, 0.25) is 0 Å². The molecule has 5 nitrogen and oxygen atoms in total. The average molecular weight is 367 g/mol. The highest BCUT2D eigenvalue weighted by Crippen LogP contribution is 2.20. The van der Waals surface area contributed by atoms with E-state index < -0.39 is 0 Å². The zero-order valence-electron chi connectivity index (χ0n) is 14.7. The molecule has 2 heterocycles. The molecule has 0 unspecified atom stereocenters. The Balaban J connectivity index is 1.76. The number of hydrogen-bond acceptors (Lipinski definition) is 4. The zero-order valence-corrected chi connectivity index (χ0v) is 15.5. The van der Waals surface area contributed by atoms with Crippen molar-refractivity contribution >= 4 is 28.8 Å². The van der Waals surface area contributed by atoms with Gasteiger partial charge in [0.1, 0.15) is 0 Å². The average Bonchev–Trinajstić information content (AvgIpc) is 2.67. The molecule has 0 amide bonds. The van der Waals surface area contributed by atoms with Gasteiger partial charge in [-0.1, -0.05) is 29.8 Å². The number of benzene rings is 2. The summed E-state index contributed by atoms with van der Waals surface area (Å²) < 4.78 is 7.49. The van der Waals surface area contributed by atoms with Crippen LogP contribution in [0, 0.1) is 11.7 Å². The van der Waals surface area contributed by atoms with Crippen LogP contribution in [0.25, 0.3) is 10.9 Å². The van der Waals surface area contributed by atoms with E-state index in [0.717, 1.165) is 29.9 Å². The van der Waals surface area contributed by atoms with E-state index in [9.17, 15) is 4.79 Å². The van der Waals surface area contributed by atoms with Crippen molar-refractivity contribution in [2.24, 2.45) is 0 Å². The Morgan fingerprint density at radius 1 is 1.12 bits per heavy atom. The Labute approximate surface area is 156 Å². The number of rotatable bonds is 3. The topological polar surface area (TPSA) is 50.3 Å². The van der Waals surface area contributed by atoms with Crippen LogP contribution in [0.3, 0.4) is 0 Å². The lowest BCUT2D eigenvalue weighted by Gasteiger charge is -2.29. The summed E-state index contributed by atoms with van der Waals surface area (Å²) in [6.07, 6.45) is 0. The summed E-state index contributed by atoms with van der Waals surface area (Å²) in [5.41, 5.74) is 4.02. The Hall–Kier alpha value is -2.44. The molecule has 4 rings (SSSR count). The van der Waals surface area contributed by atoms with Gasteiger partial charge in [-0.25, -0.2) is 0 Å². The number of nitrogens with zero attached hydrogens (tertiary/aromatic N) is 2. The molecule has 1 N–H and O–H groups in total. The highest BCUT2D eigenvalue weighted by Gasteiger charge is 2.13. The van der Waals surface area contributed by atoms with Gasteiger partial charge in [-0.2, -0.15) is 0 Å². The molecular weight excluding hydrogens is 346 g/mol. The maximum Gasteiger partial charge on any atom is 0.262 e. The number of anilines is 1. The molecule has 1 saturated heterocycles. The maximum atomic E-state index is 13.1. The smallest absolute Gasteiger partial charge is 0.262 e. The van der Waals surface area contributed by atoms with Crippen molar-refractivity contribution in [1.29, 1.82) is 0 Å². The number of H-pyrrole nitrogens is 1. The second-order valence-corrected chi connectivity index (χ2v) is 7.02. The molecule has 1 aliphatic rings. The molecule has 3 aromatic rings. The second-order valence-electron chi connectivity index (χ2n) is 6.64. The van der Waals surface area contributed by atoms with E-state index in [0.29, 0.717) is 29.9 Å². The Kier molecular flexibility index (Phi) is 4.61. The van der Waals surface area contributed by atoms with Crippen LogP contribution in [-0.4, -0.2) is 35.9 Å². The fraction of sp³-hybridized carbons (Fsp3) is 0.300. The molecule has 0 spiro atoms. The molecule has 0 bridgehead atoms. The first-order valence-electron chi connectivity index (χ1n) is 8.77. The Morgan fingerprint density at radius 2 is 1.85 bits per heavy atom. The van der Waals surface area contributed by atoms with Gasteiger partial charge in [0.05, 0.1) is 30.7 Å². The van der Waals surface area contributed by atoms with Crippen LogP contribution in [0.15, 0.2) is 47.3 Å². The highest BCUT2D eigenvalue weighted by molar-refractivity contribution is 7.71. The molecule has 0 radical (unpaired) electrons. The Bertz CT molecular complexity index is 1050. The molecule has 0 saturated carbocycles. The lowest BCUT2D eigenvalue weighted by molar-refractivity contribution is 0.122. The molecular formula is C20H21N3O2S. The third-order valence-corrected chi connectivity index (χ3v) is 5.13. The van der Waals surface area contributed by atoms with Crippen LogP contribution in [-0.2, 0) is 11.3 Å². The number of aromatic amines is 1. The first kappa shape index (κ1) is 17.0. The first-order chi connectivity index (χ1) is 12.6. The van der Waals surface area contributed by atoms with Gasteiger partial charge in [0, 0.05) is 18.8 Å². The molecule has 0 atom stereocenters. The maximum absolute atomic E-state index is 13.1. The minimum absolute atomic E-state index is 0.0561. The number of morpholine rings is 1. The zero-order chi connectivity index (χ0) is 18.1. The molecule has 1 aliphatic heterocycles. The van der Waals surface area contributed by atoms with E-state index in [2.05, 4.69) is 9.88 Å². The van der Waals surface area contributed by atoms with Gasteiger partial charge >= 0.3 is 0 Å². The van der Waals surface area contributed by atoms with Crippen molar-refractivity contribution < 1.29 is 4.74 Å². The van der Waals surface area contributed by atoms with Crippen LogP contribution >= 0.6 is 12.2 Å². The summed E-state index contributed by atoms with van der Waals surface area (Å²) >= 11 is 5.43. The van der Waals surface area contributed by atoms with Crippen molar-refractivity contribution in [2.75, 3.05) is 31.2 Å². The van der Waals surface area contributed by atoms with Crippen molar-refractivity contribution in [1.82, 2.24) is 9.55 Å². The summed E-state index contributed by atoms with van der Waals surface area (Å²) in [4.78, 5) is 18.5. The van der Waals surface area contributed by atoms with Crippen LogP contribution in [0.4, 0.5) is 5.69 Å². The van der Waals surface area contributed by atoms with Gasteiger partial charge in [-0.05, 0) is 42.9 Å². The molecule has 1 fully saturated rings. The Morgan fingerprint density at radius 3 is 2.58 bits per heavy atom. The third kappa shape index (κ3) is 3.30. The lowest BCUT2D eigenvalue weighted by Crippen LogP contribution is -2.36. The van der Waals surface area contributed by atoms with Crippen molar-refractivity contribution in [3.05, 3.63) is 68.7 Å². The molecule has 2 aromatic carbocycles. The molecule has 134 valence electrons. The van der Waals surface area contributed by atoms with Crippen molar-refractivity contribution in [3.63, 3.8) is 0 Å². The van der Waals surface area contributed by atoms with Gasteiger partial charge in [-0.3, -0.25) is 9.36 Å². The van der Waals surface area contributed by atoms with E-state index >= 15 is 0 Å². The molecule has 26 heavy (non-hydrogen) atoms. The SMILES string of the molecule is Cc1ccc(Cn2c(=S)[nH]c3ccc(N4CCOCC4)cc3c2=O)cc1. The van der Waals surface area contributed by atoms with Crippen LogP contribution in [0.5, 0.6) is 0 Å². The largest absolute Gasteiger partial charge is 0.378 e. The number of aryl methyl sites for hydroxylation is 1. The van der Waals surface area contributed by atoms with Crippen LogP contribution in [0.2, 0.25) is 0 Å². The predicted molar refractivity (Wildman–Crippen MR) is 107 cm³/mol.